The van der Waals surface area contributed by atoms with Gasteiger partial charge in [0.1, 0.15) is 67.1 Å². The largest absolute Gasteiger partial charge is 0.394 e. The smallest absolute Gasteiger partial charge is 0.187 e. The van der Waals surface area contributed by atoms with Crippen LogP contribution in [0.25, 0.3) is 0 Å². The molecule has 9 N–H and O–H groups in total. The minimum Gasteiger partial charge on any atom is -0.394 e. The lowest BCUT2D eigenvalue weighted by molar-refractivity contribution is -0.389. The van der Waals surface area contributed by atoms with E-state index in [1.54, 1.807) is 0 Å². The van der Waals surface area contributed by atoms with Gasteiger partial charge in [-0.3, -0.25) is 0 Å². The Kier molecular flexibility index (Phi) is 11.8. The van der Waals surface area contributed by atoms with E-state index in [4.69, 9.17) is 28.4 Å². The Morgan fingerprint density at radius 1 is 0.735 bits per heavy atom. The molecule has 17 unspecified atom stereocenters. The summed E-state index contributed by atoms with van der Waals surface area (Å²) >= 11 is 0. The van der Waals surface area contributed by atoms with Crippen LogP contribution in [0.4, 0.5) is 0 Å². The normalized spacial score (nSPS) is 53.9. The Bertz CT molecular complexity index is 1130. The van der Waals surface area contributed by atoms with Gasteiger partial charge in [-0.25, -0.2) is 0 Å². The zero-order valence-electron chi connectivity index (χ0n) is 28.2. The van der Waals surface area contributed by atoms with Crippen molar-refractivity contribution in [1.82, 2.24) is 0 Å². The van der Waals surface area contributed by atoms with Gasteiger partial charge in [-0.05, 0) is 66.8 Å². The SMILES string of the molecule is C=C1CC2CCC3[C@@H](C)CCC[C@@]3(C)[C@@H]2CC1OC1OC(CO)C(O)C(OC2OC(CO)C(O)C(O)C2O)C1OC1OCC(O)C(O)C1O. The maximum Gasteiger partial charge on any atom is 0.187 e. The molecule has 0 spiro atoms. The van der Waals surface area contributed by atoms with E-state index in [-0.39, 0.29) is 12.0 Å². The van der Waals surface area contributed by atoms with Crippen molar-refractivity contribution in [2.75, 3.05) is 19.8 Å². The van der Waals surface area contributed by atoms with Crippen LogP contribution < -0.4 is 0 Å². The maximum atomic E-state index is 11.4. The number of hydrogen-bond acceptors (Lipinski definition) is 15. The Morgan fingerprint density at radius 3 is 2.10 bits per heavy atom. The molecule has 3 aliphatic heterocycles. The van der Waals surface area contributed by atoms with E-state index in [0.29, 0.717) is 30.1 Å². The molecule has 20 atom stereocenters. The molecule has 3 saturated heterocycles. The molecule has 282 valence electrons. The molecule has 15 nitrogen and oxygen atoms in total. The van der Waals surface area contributed by atoms with Crippen molar-refractivity contribution in [2.45, 2.75) is 151 Å². The molecule has 6 rings (SSSR count). The fraction of sp³-hybridized carbons (Fsp3) is 0.941. The summed E-state index contributed by atoms with van der Waals surface area (Å²) in [5.41, 5.74) is 0.988. The Labute approximate surface area is 286 Å². The maximum absolute atomic E-state index is 11.4. The van der Waals surface area contributed by atoms with Crippen molar-refractivity contribution in [3.05, 3.63) is 12.2 Å². The molecule has 3 heterocycles. The van der Waals surface area contributed by atoms with Crippen LogP contribution in [0.5, 0.6) is 0 Å². The van der Waals surface area contributed by atoms with E-state index in [1.165, 1.54) is 19.3 Å². The van der Waals surface area contributed by atoms with Gasteiger partial charge >= 0.3 is 0 Å². The summed E-state index contributed by atoms with van der Waals surface area (Å²) < 4.78 is 36.0. The molecular weight excluding hydrogens is 648 g/mol. The number of rotatable bonds is 8. The molecule has 15 heteroatoms. The third kappa shape index (κ3) is 7.12. The second-order valence-electron chi connectivity index (χ2n) is 15.5. The zero-order valence-corrected chi connectivity index (χ0v) is 28.2. The zero-order chi connectivity index (χ0) is 35.4. The predicted octanol–water partition coefficient (Wildman–Crippen LogP) is -1.72. The molecule has 0 aromatic heterocycles. The van der Waals surface area contributed by atoms with Gasteiger partial charge in [0.25, 0.3) is 0 Å². The first-order valence-corrected chi connectivity index (χ1v) is 17.8. The summed E-state index contributed by atoms with van der Waals surface area (Å²) in [6.07, 6.45) is -15.2. The average Bonchev–Trinajstić information content (AvgIpc) is 3.07. The van der Waals surface area contributed by atoms with Crippen LogP contribution in [-0.2, 0) is 28.4 Å². The Hall–Kier alpha value is -0.860. The number of fused-ring (bicyclic) bond motifs is 3. The lowest BCUT2D eigenvalue weighted by Gasteiger charge is -2.58. The number of aliphatic hydroxyl groups is 9. The third-order valence-corrected chi connectivity index (χ3v) is 12.6. The molecule has 0 radical (unpaired) electrons. The van der Waals surface area contributed by atoms with E-state index in [1.807, 2.05) is 0 Å². The number of ether oxygens (including phenoxy) is 6. The highest BCUT2D eigenvalue weighted by atomic mass is 16.8. The van der Waals surface area contributed by atoms with Crippen molar-refractivity contribution in [1.29, 1.82) is 0 Å². The van der Waals surface area contributed by atoms with Crippen molar-refractivity contribution in [2.24, 2.45) is 29.1 Å². The average molecular weight is 705 g/mol. The lowest BCUT2D eigenvalue weighted by Crippen LogP contribution is -2.67. The Morgan fingerprint density at radius 2 is 1.39 bits per heavy atom. The number of aliphatic hydroxyl groups excluding tert-OH is 9. The standard InChI is InChI=1S/C34H56O15/c1-14-5-4-8-34(3)17(14)7-6-16-9-15(2)20(10-18(16)34)45-33-30(49-31-27(42)23(38)19(37)13-44-31)29(25(40)22(12-36)47-33)48-32-28(43)26(41)24(39)21(11-35)46-32/h14,16-33,35-43H,2,4-13H2,1,3H3/t14-,16?,17?,18+,19?,20?,21?,22?,23?,24?,25?,26?,27?,28?,29?,30?,31?,32?,33?,34+/m0/s1. The lowest BCUT2D eigenvalue weighted by atomic mass is 9.47. The van der Waals surface area contributed by atoms with Gasteiger partial charge in [-0.1, -0.05) is 33.3 Å². The molecule has 3 aliphatic carbocycles. The molecule has 6 fully saturated rings. The van der Waals surface area contributed by atoms with Gasteiger partial charge in [-0.15, -0.1) is 0 Å². The van der Waals surface area contributed by atoms with Gasteiger partial charge in [0.2, 0.25) is 0 Å². The van der Waals surface area contributed by atoms with E-state index < -0.39 is 105 Å². The minimum absolute atomic E-state index is 0.127. The summed E-state index contributed by atoms with van der Waals surface area (Å²) in [6, 6.07) is 0. The van der Waals surface area contributed by atoms with E-state index in [9.17, 15) is 46.0 Å². The van der Waals surface area contributed by atoms with E-state index in [0.717, 1.165) is 24.8 Å². The van der Waals surface area contributed by atoms with Gasteiger partial charge in [0.05, 0.1) is 25.9 Å². The highest BCUT2D eigenvalue weighted by molar-refractivity contribution is 5.14. The van der Waals surface area contributed by atoms with Crippen molar-refractivity contribution >= 4 is 0 Å². The first-order valence-electron chi connectivity index (χ1n) is 17.8. The van der Waals surface area contributed by atoms with E-state index in [2.05, 4.69) is 20.4 Å². The fourth-order valence-electron chi connectivity index (χ4n) is 9.77. The Balaban J connectivity index is 1.29. The summed E-state index contributed by atoms with van der Waals surface area (Å²) in [7, 11) is 0. The van der Waals surface area contributed by atoms with Crippen LogP contribution in [0.3, 0.4) is 0 Å². The van der Waals surface area contributed by atoms with Gasteiger partial charge in [0.15, 0.2) is 18.9 Å². The first kappa shape index (κ1) is 37.9. The molecule has 0 aromatic rings. The monoisotopic (exact) mass is 704 g/mol. The van der Waals surface area contributed by atoms with Crippen molar-refractivity contribution in [3.8, 4) is 0 Å². The van der Waals surface area contributed by atoms with Crippen molar-refractivity contribution in [3.63, 3.8) is 0 Å². The van der Waals surface area contributed by atoms with Gasteiger partial charge < -0.3 is 74.4 Å². The highest BCUT2D eigenvalue weighted by Gasteiger charge is 2.57. The van der Waals surface area contributed by atoms with Crippen LogP contribution in [0.1, 0.15) is 58.8 Å². The molecule has 3 saturated carbocycles. The third-order valence-electron chi connectivity index (χ3n) is 12.6. The molecule has 0 aromatic carbocycles. The molecule has 49 heavy (non-hydrogen) atoms. The molecule has 0 amide bonds. The van der Waals surface area contributed by atoms with Crippen molar-refractivity contribution < 1.29 is 74.4 Å². The molecular formula is C34H56O15. The fourth-order valence-corrected chi connectivity index (χ4v) is 9.77. The van der Waals surface area contributed by atoms with Crippen LogP contribution in [0, 0.1) is 29.1 Å². The van der Waals surface area contributed by atoms with Gasteiger partial charge in [-0.2, -0.15) is 0 Å². The van der Waals surface area contributed by atoms with Crippen LogP contribution in [0.2, 0.25) is 0 Å². The van der Waals surface area contributed by atoms with E-state index >= 15 is 0 Å². The molecule has 0 bridgehead atoms. The summed E-state index contributed by atoms with van der Waals surface area (Å²) in [4.78, 5) is 0. The first-order chi connectivity index (χ1) is 23.3. The quantitative estimate of drug-likeness (QED) is 0.101. The van der Waals surface area contributed by atoms with Crippen LogP contribution in [0.15, 0.2) is 12.2 Å². The summed E-state index contributed by atoms with van der Waals surface area (Å²) in [5.74, 6) is 2.05. The molecule has 6 aliphatic rings. The topological polar surface area (TPSA) is 237 Å². The second-order valence-corrected chi connectivity index (χ2v) is 15.5. The summed E-state index contributed by atoms with van der Waals surface area (Å²) in [6.45, 7) is 7.34. The van der Waals surface area contributed by atoms with Crippen LogP contribution >= 0.6 is 0 Å². The second kappa shape index (κ2) is 15.2. The highest BCUT2D eigenvalue weighted by Crippen LogP contribution is 2.61. The van der Waals surface area contributed by atoms with Gasteiger partial charge in [0, 0.05) is 0 Å². The summed E-state index contributed by atoms with van der Waals surface area (Å²) in [5, 5.41) is 94.1. The predicted molar refractivity (Wildman–Crippen MR) is 167 cm³/mol. The van der Waals surface area contributed by atoms with Crippen LogP contribution in [-0.4, -0.2) is 158 Å². The number of hydrogen-bond donors (Lipinski definition) is 9. The minimum atomic E-state index is -1.83.